The average molecular weight is 100 g/mol. The second-order valence-corrected chi connectivity index (χ2v) is 2.04. The third kappa shape index (κ3) is 0.400. The molecule has 40 valence electrons. The largest absolute Gasteiger partial charge is 0.378 e. The van der Waals surface area contributed by atoms with Crippen LogP contribution in [0.25, 0.3) is 0 Å². The van der Waals surface area contributed by atoms with Gasteiger partial charge in [0.2, 0.25) is 0 Å². The molecule has 7 heavy (non-hydrogen) atoms. The molecule has 2 atom stereocenters. The summed E-state index contributed by atoms with van der Waals surface area (Å²) in [6, 6.07) is 1.22. The fourth-order valence-corrected chi connectivity index (χ4v) is 0.957. The van der Waals surface area contributed by atoms with E-state index in [1.807, 2.05) is 0 Å². The van der Waals surface area contributed by atoms with Crippen molar-refractivity contribution in [3.8, 4) is 0 Å². The van der Waals surface area contributed by atoms with Crippen LogP contribution < -0.4 is 10.9 Å². The van der Waals surface area contributed by atoms with Gasteiger partial charge < -0.3 is 4.74 Å². The molecule has 0 aromatic heterocycles. The molecule has 0 spiro atoms. The van der Waals surface area contributed by atoms with E-state index in [0.29, 0.717) is 12.1 Å². The van der Waals surface area contributed by atoms with Gasteiger partial charge in [-0.15, -0.1) is 0 Å². The number of hydrogen-bond donors (Lipinski definition) is 2. The molecule has 2 aliphatic heterocycles. The highest BCUT2D eigenvalue weighted by Crippen LogP contribution is 2.09. The first-order chi connectivity index (χ1) is 3.47. The second-order valence-electron chi connectivity index (χ2n) is 2.04. The van der Waals surface area contributed by atoms with Crippen molar-refractivity contribution in [2.75, 3.05) is 13.2 Å². The molecule has 2 saturated heterocycles. The summed E-state index contributed by atoms with van der Waals surface area (Å²) in [5.41, 5.74) is 6.06. The van der Waals surface area contributed by atoms with E-state index in [1.165, 1.54) is 0 Å². The van der Waals surface area contributed by atoms with Crippen molar-refractivity contribution in [1.82, 2.24) is 10.9 Å². The topological polar surface area (TPSA) is 33.3 Å². The Morgan fingerprint density at radius 2 is 1.71 bits per heavy atom. The lowest BCUT2D eigenvalue weighted by Gasteiger charge is -2.30. The van der Waals surface area contributed by atoms with Gasteiger partial charge in [0.05, 0.1) is 25.3 Å². The summed E-state index contributed by atoms with van der Waals surface area (Å²) >= 11 is 0. The van der Waals surface area contributed by atoms with Crippen molar-refractivity contribution < 1.29 is 4.74 Å². The molecular formula is C4H8N2O. The van der Waals surface area contributed by atoms with Crippen molar-refractivity contribution in [3.05, 3.63) is 0 Å². The van der Waals surface area contributed by atoms with Gasteiger partial charge >= 0.3 is 0 Å². The van der Waals surface area contributed by atoms with Crippen molar-refractivity contribution in [2.24, 2.45) is 0 Å². The summed E-state index contributed by atoms with van der Waals surface area (Å²) in [6.45, 7) is 1.77. The maximum absolute atomic E-state index is 5.11. The monoisotopic (exact) mass is 100 g/mol. The standard InChI is InChI=1S/C4H8N2O/c1-3-4(2-7-1)6-5-3/h3-6H,1-2H2. The molecule has 3 nitrogen and oxygen atoms in total. The lowest BCUT2D eigenvalue weighted by atomic mass is 10.1. The molecule has 2 fully saturated rings. The summed E-state index contributed by atoms with van der Waals surface area (Å²) in [6.07, 6.45) is 0. The SMILES string of the molecule is C1OCC2NNC12. The van der Waals surface area contributed by atoms with Gasteiger partial charge in [0.25, 0.3) is 0 Å². The quantitative estimate of drug-likeness (QED) is 0.404. The molecule has 2 heterocycles. The van der Waals surface area contributed by atoms with Gasteiger partial charge in [-0.1, -0.05) is 0 Å². The molecule has 0 radical (unpaired) electrons. The maximum Gasteiger partial charge on any atom is 0.0650 e. The first-order valence-corrected chi connectivity index (χ1v) is 2.55. The molecule has 2 rings (SSSR count). The van der Waals surface area contributed by atoms with E-state index in [4.69, 9.17) is 4.74 Å². The molecule has 2 unspecified atom stereocenters. The highest BCUT2D eigenvalue weighted by atomic mass is 16.5. The first kappa shape index (κ1) is 3.83. The Bertz CT molecular complexity index is 75.8. The molecule has 3 heteroatoms. The zero-order valence-corrected chi connectivity index (χ0v) is 3.98. The third-order valence-corrected chi connectivity index (χ3v) is 1.53. The number of hydrogen-bond acceptors (Lipinski definition) is 3. The van der Waals surface area contributed by atoms with Gasteiger partial charge in [-0.25, -0.2) is 0 Å². The van der Waals surface area contributed by atoms with Crippen LogP contribution in [0.1, 0.15) is 0 Å². The fourth-order valence-electron chi connectivity index (χ4n) is 0.957. The number of hydrazine groups is 1. The van der Waals surface area contributed by atoms with Crippen LogP contribution in [0.4, 0.5) is 0 Å². The Morgan fingerprint density at radius 1 is 1.14 bits per heavy atom. The van der Waals surface area contributed by atoms with Crippen LogP contribution in [0.5, 0.6) is 0 Å². The van der Waals surface area contributed by atoms with Crippen LogP contribution in [-0.4, -0.2) is 25.3 Å². The summed E-state index contributed by atoms with van der Waals surface area (Å²) < 4.78 is 5.11. The molecule has 0 aromatic rings. The lowest BCUT2D eigenvalue weighted by molar-refractivity contribution is 0.195. The lowest BCUT2D eigenvalue weighted by Crippen LogP contribution is -2.66. The summed E-state index contributed by atoms with van der Waals surface area (Å²) in [5.74, 6) is 0. The maximum atomic E-state index is 5.11. The van der Waals surface area contributed by atoms with Gasteiger partial charge in [0, 0.05) is 0 Å². The van der Waals surface area contributed by atoms with E-state index in [-0.39, 0.29) is 0 Å². The zero-order chi connectivity index (χ0) is 4.69. The molecule has 2 aliphatic rings. The summed E-state index contributed by atoms with van der Waals surface area (Å²) in [7, 11) is 0. The third-order valence-electron chi connectivity index (χ3n) is 1.53. The number of rotatable bonds is 0. The van der Waals surface area contributed by atoms with E-state index < -0.39 is 0 Å². The minimum Gasteiger partial charge on any atom is -0.378 e. The Kier molecular flexibility index (Phi) is 0.647. The average Bonchev–Trinajstić information content (AvgIpc) is 1.85. The molecule has 0 aliphatic carbocycles. The summed E-state index contributed by atoms with van der Waals surface area (Å²) in [4.78, 5) is 0. The van der Waals surface area contributed by atoms with Gasteiger partial charge in [0.1, 0.15) is 0 Å². The van der Waals surface area contributed by atoms with Crippen molar-refractivity contribution >= 4 is 0 Å². The Balaban J connectivity index is 2.03. The Morgan fingerprint density at radius 3 is 2.00 bits per heavy atom. The van der Waals surface area contributed by atoms with E-state index in [0.717, 1.165) is 13.2 Å². The molecular weight excluding hydrogens is 92.1 g/mol. The van der Waals surface area contributed by atoms with Gasteiger partial charge in [-0.2, -0.15) is 0 Å². The fraction of sp³-hybridized carbons (Fsp3) is 1.00. The molecule has 0 aromatic carbocycles. The van der Waals surface area contributed by atoms with Gasteiger partial charge in [-0.05, 0) is 0 Å². The minimum absolute atomic E-state index is 0.611. The first-order valence-electron chi connectivity index (χ1n) is 2.55. The number of fused-ring (bicyclic) bond motifs is 1. The van der Waals surface area contributed by atoms with Crippen LogP contribution in [0, 0.1) is 0 Å². The Hall–Kier alpha value is -0.120. The predicted molar refractivity (Wildman–Crippen MR) is 24.7 cm³/mol. The van der Waals surface area contributed by atoms with Gasteiger partial charge in [0.15, 0.2) is 0 Å². The predicted octanol–water partition coefficient (Wildman–Crippen LogP) is -1.14. The molecule has 2 N–H and O–H groups in total. The van der Waals surface area contributed by atoms with E-state index >= 15 is 0 Å². The smallest absolute Gasteiger partial charge is 0.0650 e. The van der Waals surface area contributed by atoms with Crippen molar-refractivity contribution in [1.29, 1.82) is 0 Å². The van der Waals surface area contributed by atoms with E-state index in [9.17, 15) is 0 Å². The molecule has 0 amide bonds. The van der Waals surface area contributed by atoms with Crippen LogP contribution in [0.3, 0.4) is 0 Å². The van der Waals surface area contributed by atoms with Crippen LogP contribution >= 0.6 is 0 Å². The number of ether oxygens (including phenoxy) is 1. The second kappa shape index (κ2) is 1.18. The highest BCUT2D eigenvalue weighted by molar-refractivity contribution is 4.92. The molecule has 0 bridgehead atoms. The van der Waals surface area contributed by atoms with Crippen molar-refractivity contribution in [3.63, 3.8) is 0 Å². The summed E-state index contributed by atoms with van der Waals surface area (Å²) in [5, 5.41) is 0. The van der Waals surface area contributed by atoms with Gasteiger partial charge in [-0.3, -0.25) is 10.9 Å². The molecule has 0 saturated carbocycles. The number of nitrogens with one attached hydrogen (secondary N) is 2. The highest BCUT2D eigenvalue weighted by Gasteiger charge is 2.34. The minimum atomic E-state index is 0.611. The Labute approximate surface area is 42.0 Å². The van der Waals surface area contributed by atoms with Crippen molar-refractivity contribution in [2.45, 2.75) is 12.1 Å². The van der Waals surface area contributed by atoms with Crippen LogP contribution in [0.2, 0.25) is 0 Å². The normalized spacial score (nSPS) is 48.0. The zero-order valence-electron chi connectivity index (χ0n) is 3.98. The van der Waals surface area contributed by atoms with E-state index in [2.05, 4.69) is 10.9 Å². The van der Waals surface area contributed by atoms with Crippen LogP contribution in [0.15, 0.2) is 0 Å². The van der Waals surface area contributed by atoms with E-state index in [1.54, 1.807) is 0 Å². The van der Waals surface area contributed by atoms with Crippen LogP contribution in [-0.2, 0) is 4.74 Å².